The number of benzene rings is 1. The van der Waals surface area contributed by atoms with Gasteiger partial charge in [-0.1, -0.05) is 19.3 Å². The number of hydrogen-bond donors (Lipinski definition) is 2. The fraction of sp³-hybridized carbons (Fsp3) is 0.588. The van der Waals surface area contributed by atoms with E-state index in [0.717, 1.165) is 32.1 Å². The second-order valence-electron chi connectivity index (χ2n) is 6.07. The minimum atomic E-state index is -3.76. The van der Waals surface area contributed by atoms with Crippen molar-refractivity contribution in [3.8, 4) is 5.75 Å². The summed E-state index contributed by atoms with van der Waals surface area (Å²) in [5.41, 5.74) is 0.265. The molecule has 2 rings (SSSR count). The Morgan fingerprint density at radius 1 is 1.20 bits per heavy atom. The third-order valence-corrected chi connectivity index (χ3v) is 5.78. The van der Waals surface area contributed by atoms with Crippen LogP contribution < -0.4 is 14.8 Å². The van der Waals surface area contributed by atoms with Crippen molar-refractivity contribution in [2.45, 2.75) is 43.0 Å². The van der Waals surface area contributed by atoms with E-state index in [0.29, 0.717) is 13.2 Å². The second kappa shape index (κ2) is 9.17. The van der Waals surface area contributed by atoms with Gasteiger partial charge in [0.15, 0.2) is 0 Å². The van der Waals surface area contributed by atoms with Gasteiger partial charge in [0.1, 0.15) is 10.6 Å². The maximum Gasteiger partial charge on any atom is 0.251 e. The third-order valence-electron chi connectivity index (χ3n) is 4.23. The first-order valence-electron chi connectivity index (χ1n) is 8.45. The summed E-state index contributed by atoms with van der Waals surface area (Å²) in [6.07, 6.45) is 4.84. The quantitative estimate of drug-likeness (QED) is 0.679. The van der Waals surface area contributed by atoms with E-state index in [2.05, 4.69) is 10.0 Å². The van der Waals surface area contributed by atoms with Crippen LogP contribution in [0.2, 0.25) is 0 Å². The van der Waals surface area contributed by atoms with Crippen molar-refractivity contribution < 1.29 is 22.7 Å². The SMILES string of the molecule is COCCNC(=O)c1ccc(OC)c(S(=O)(=O)NC2CCCCC2)c1. The van der Waals surface area contributed by atoms with E-state index in [4.69, 9.17) is 9.47 Å². The van der Waals surface area contributed by atoms with Crippen molar-refractivity contribution >= 4 is 15.9 Å². The van der Waals surface area contributed by atoms with E-state index >= 15 is 0 Å². The van der Waals surface area contributed by atoms with Gasteiger partial charge in [0.2, 0.25) is 10.0 Å². The van der Waals surface area contributed by atoms with Gasteiger partial charge in [0.25, 0.3) is 5.91 Å². The zero-order chi connectivity index (χ0) is 18.3. The maximum absolute atomic E-state index is 12.8. The lowest BCUT2D eigenvalue weighted by Crippen LogP contribution is -2.36. The van der Waals surface area contributed by atoms with Gasteiger partial charge in [-0.25, -0.2) is 13.1 Å². The first kappa shape index (κ1) is 19.7. The molecule has 0 radical (unpaired) electrons. The smallest absolute Gasteiger partial charge is 0.251 e. The molecule has 1 amide bonds. The van der Waals surface area contributed by atoms with Crippen LogP contribution >= 0.6 is 0 Å². The highest BCUT2D eigenvalue weighted by Gasteiger charge is 2.25. The van der Waals surface area contributed by atoms with Gasteiger partial charge >= 0.3 is 0 Å². The van der Waals surface area contributed by atoms with Gasteiger partial charge in [0, 0.05) is 25.3 Å². The Bertz CT molecular complexity index is 684. The molecule has 0 bridgehead atoms. The molecular formula is C17H26N2O5S. The molecule has 0 heterocycles. The lowest BCUT2D eigenvalue weighted by atomic mass is 9.96. The monoisotopic (exact) mass is 370 g/mol. The average molecular weight is 370 g/mol. The first-order chi connectivity index (χ1) is 12.0. The number of carbonyl (C=O) groups is 1. The molecule has 1 aliphatic rings. The van der Waals surface area contributed by atoms with E-state index in [1.807, 2.05) is 0 Å². The molecule has 0 saturated heterocycles. The Kier molecular flexibility index (Phi) is 7.22. The third kappa shape index (κ3) is 5.42. The Labute approximate surface area is 149 Å². The predicted molar refractivity (Wildman–Crippen MR) is 94.4 cm³/mol. The van der Waals surface area contributed by atoms with E-state index in [1.54, 1.807) is 13.2 Å². The molecule has 1 aromatic rings. The lowest BCUT2D eigenvalue weighted by Gasteiger charge is -2.23. The molecule has 2 N–H and O–H groups in total. The fourth-order valence-corrected chi connectivity index (χ4v) is 4.40. The van der Waals surface area contributed by atoms with Crippen LogP contribution in [0.3, 0.4) is 0 Å². The molecule has 1 aliphatic carbocycles. The standard InChI is InChI=1S/C17H26N2O5S/c1-23-11-10-18-17(20)13-8-9-15(24-2)16(12-13)25(21,22)19-14-6-4-3-5-7-14/h8-9,12,14,19H,3-7,10-11H2,1-2H3,(H,18,20). The summed E-state index contributed by atoms with van der Waals surface area (Å²) in [4.78, 5) is 12.2. The average Bonchev–Trinajstić information content (AvgIpc) is 2.61. The molecule has 140 valence electrons. The molecule has 1 aromatic carbocycles. The molecule has 1 saturated carbocycles. The highest BCUT2D eigenvalue weighted by molar-refractivity contribution is 7.89. The summed E-state index contributed by atoms with van der Waals surface area (Å²) in [5, 5.41) is 2.68. The van der Waals surface area contributed by atoms with Crippen molar-refractivity contribution in [2.75, 3.05) is 27.4 Å². The summed E-state index contributed by atoms with van der Waals surface area (Å²) in [6.45, 7) is 0.736. The van der Waals surface area contributed by atoms with E-state index in [-0.39, 0.29) is 28.2 Å². The highest BCUT2D eigenvalue weighted by atomic mass is 32.2. The van der Waals surface area contributed by atoms with Crippen LogP contribution in [0.4, 0.5) is 0 Å². The van der Waals surface area contributed by atoms with Gasteiger partial charge < -0.3 is 14.8 Å². The summed E-state index contributed by atoms with van der Waals surface area (Å²) in [7, 11) is -0.811. The largest absolute Gasteiger partial charge is 0.495 e. The zero-order valence-corrected chi connectivity index (χ0v) is 15.5. The predicted octanol–water partition coefficient (Wildman–Crippen LogP) is 1.68. The molecule has 0 aliphatic heterocycles. The van der Waals surface area contributed by atoms with Crippen LogP contribution in [0.25, 0.3) is 0 Å². The Hall–Kier alpha value is -1.64. The van der Waals surface area contributed by atoms with Crippen molar-refractivity contribution in [1.29, 1.82) is 0 Å². The normalized spacial score (nSPS) is 15.8. The number of nitrogens with one attached hydrogen (secondary N) is 2. The molecule has 8 heteroatoms. The summed E-state index contributed by atoms with van der Waals surface area (Å²) >= 11 is 0. The summed E-state index contributed by atoms with van der Waals surface area (Å²) < 4.78 is 38.4. The minimum Gasteiger partial charge on any atom is -0.495 e. The van der Waals surface area contributed by atoms with Crippen molar-refractivity contribution in [1.82, 2.24) is 10.0 Å². The topological polar surface area (TPSA) is 93.7 Å². The summed E-state index contributed by atoms with van der Waals surface area (Å²) in [6, 6.07) is 4.33. The van der Waals surface area contributed by atoms with Crippen LogP contribution in [0.1, 0.15) is 42.5 Å². The number of carbonyl (C=O) groups excluding carboxylic acids is 1. The number of sulfonamides is 1. The van der Waals surface area contributed by atoms with Crippen molar-refractivity contribution in [3.63, 3.8) is 0 Å². The molecule has 1 fully saturated rings. The van der Waals surface area contributed by atoms with Crippen LogP contribution in [-0.2, 0) is 14.8 Å². The van der Waals surface area contributed by atoms with Crippen LogP contribution in [0, 0.1) is 0 Å². The van der Waals surface area contributed by atoms with Gasteiger partial charge in [-0.2, -0.15) is 0 Å². The molecule has 25 heavy (non-hydrogen) atoms. The molecule has 0 spiro atoms. The number of ether oxygens (including phenoxy) is 2. The first-order valence-corrected chi connectivity index (χ1v) is 9.93. The minimum absolute atomic E-state index is 0.0139. The van der Waals surface area contributed by atoms with Crippen molar-refractivity contribution in [3.05, 3.63) is 23.8 Å². The molecule has 0 atom stereocenters. The highest BCUT2D eigenvalue weighted by Crippen LogP contribution is 2.27. The molecule has 7 nitrogen and oxygen atoms in total. The van der Waals surface area contributed by atoms with Crippen LogP contribution in [0.5, 0.6) is 5.75 Å². The Balaban J connectivity index is 2.21. The zero-order valence-electron chi connectivity index (χ0n) is 14.7. The van der Waals surface area contributed by atoms with Crippen LogP contribution in [-0.4, -0.2) is 47.7 Å². The van der Waals surface area contributed by atoms with Gasteiger partial charge in [-0.05, 0) is 31.0 Å². The number of hydrogen-bond acceptors (Lipinski definition) is 5. The van der Waals surface area contributed by atoms with Gasteiger partial charge in [-0.3, -0.25) is 4.79 Å². The second-order valence-corrected chi connectivity index (χ2v) is 7.75. The molecular weight excluding hydrogens is 344 g/mol. The fourth-order valence-electron chi connectivity index (χ4n) is 2.90. The number of amides is 1. The van der Waals surface area contributed by atoms with Gasteiger partial charge in [0.05, 0.1) is 13.7 Å². The van der Waals surface area contributed by atoms with E-state index < -0.39 is 10.0 Å². The Morgan fingerprint density at radius 2 is 1.92 bits per heavy atom. The molecule has 0 aromatic heterocycles. The van der Waals surface area contributed by atoms with Crippen molar-refractivity contribution in [2.24, 2.45) is 0 Å². The maximum atomic E-state index is 12.8. The summed E-state index contributed by atoms with van der Waals surface area (Å²) in [5.74, 6) is -0.134. The molecule has 0 unspecified atom stereocenters. The lowest BCUT2D eigenvalue weighted by molar-refractivity contribution is 0.0937. The van der Waals surface area contributed by atoms with Crippen LogP contribution in [0.15, 0.2) is 23.1 Å². The number of rotatable bonds is 8. The number of methoxy groups -OCH3 is 2. The van der Waals surface area contributed by atoms with E-state index in [9.17, 15) is 13.2 Å². The van der Waals surface area contributed by atoms with E-state index in [1.165, 1.54) is 19.2 Å². The Morgan fingerprint density at radius 3 is 2.56 bits per heavy atom. The van der Waals surface area contributed by atoms with Gasteiger partial charge in [-0.15, -0.1) is 0 Å².